The fourth-order valence-electron chi connectivity index (χ4n) is 2.48. The SMILES string of the molecule is Cl.NC1CCCC(C(=O)Nc2ccccc2SC(F)(F)F)C1. The van der Waals surface area contributed by atoms with Gasteiger partial charge in [0.25, 0.3) is 0 Å². The molecule has 0 saturated heterocycles. The van der Waals surface area contributed by atoms with E-state index < -0.39 is 5.51 Å². The number of para-hydroxylation sites is 1. The Bertz CT molecular complexity index is 513. The minimum Gasteiger partial charge on any atom is -0.328 e. The lowest BCUT2D eigenvalue weighted by atomic mass is 9.85. The van der Waals surface area contributed by atoms with Crippen molar-refractivity contribution < 1.29 is 18.0 Å². The van der Waals surface area contributed by atoms with E-state index in [0.717, 1.165) is 19.3 Å². The molecule has 3 N–H and O–H groups in total. The molecule has 0 heterocycles. The van der Waals surface area contributed by atoms with Gasteiger partial charge in [-0.1, -0.05) is 18.6 Å². The number of rotatable bonds is 3. The van der Waals surface area contributed by atoms with Gasteiger partial charge in [-0.3, -0.25) is 4.79 Å². The highest BCUT2D eigenvalue weighted by atomic mass is 35.5. The zero-order valence-electron chi connectivity index (χ0n) is 11.7. The first-order valence-electron chi connectivity index (χ1n) is 6.76. The summed E-state index contributed by atoms with van der Waals surface area (Å²) in [7, 11) is 0. The number of halogens is 4. The standard InChI is InChI=1S/C14H17F3N2OS.ClH/c15-14(16,17)21-12-7-2-1-6-11(12)19-13(20)9-4-3-5-10(18)8-9;/h1-2,6-7,9-10H,3-5,8,18H2,(H,19,20);1H. The van der Waals surface area contributed by atoms with Crippen LogP contribution < -0.4 is 11.1 Å². The number of amides is 1. The van der Waals surface area contributed by atoms with Crippen LogP contribution in [0.5, 0.6) is 0 Å². The quantitative estimate of drug-likeness (QED) is 0.801. The zero-order valence-corrected chi connectivity index (χ0v) is 13.4. The Labute approximate surface area is 137 Å². The topological polar surface area (TPSA) is 55.1 Å². The summed E-state index contributed by atoms with van der Waals surface area (Å²) in [6.07, 6.45) is 3.08. The number of nitrogens with two attached hydrogens (primary N) is 1. The van der Waals surface area contributed by atoms with E-state index in [9.17, 15) is 18.0 Å². The molecule has 1 amide bonds. The minimum atomic E-state index is -4.38. The molecule has 1 aromatic rings. The van der Waals surface area contributed by atoms with Gasteiger partial charge in [0.1, 0.15) is 0 Å². The Balaban J connectivity index is 0.00000242. The molecule has 0 aliphatic heterocycles. The highest BCUT2D eigenvalue weighted by Gasteiger charge is 2.31. The van der Waals surface area contributed by atoms with Gasteiger partial charge < -0.3 is 11.1 Å². The first kappa shape index (κ1) is 19.1. The molecule has 2 rings (SSSR count). The number of nitrogens with one attached hydrogen (secondary N) is 1. The van der Waals surface area contributed by atoms with Crippen LogP contribution >= 0.6 is 24.2 Å². The van der Waals surface area contributed by atoms with Crippen molar-refractivity contribution in [1.82, 2.24) is 0 Å². The van der Waals surface area contributed by atoms with Crippen LogP contribution in [-0.2, 0) is 4.79 Å². The molecule has 0 spiro atoms. The van der Waals surface area contributed by atoms with E-state index in [0.29, 0.717) is 6.42 Å². The van der Waals surface area contributed by atoms with Crippen LogP contribution in [0.25, 0.3) is 0 Å². The van der Waals surface area contributed by atoms with E-state index in [1.54, 1.807) is 6.07 Å². The molecule has 3 nitrogen and oxygen atoms in total. The Morgan fingerprint density at radius 3 is 2.59 bits per heavy atom. The first-order valence-corrected chi connectivity index (χ1v) is 7.58. The van der Waals surface area contributed by atoms with Gasteiger partial charge in [-0.15, -0.1) is 12.4 Å². The van der Waals surface area contributed by atoms with Gasteiger partial charge in [-0.05, 0) is 43.2 Å². The molecule has 1 fully saturated rings. The van der Waals surface area contributed by atoms with E-state index >= 15 is 0 Å². The second kappa shape index (κ2) is 8.08. The largest absolute Gasteiger partial charge is 0.446 e. The molecule has 1 aliphatic carbocycles. The van der Waals surface area contributed by atoms with Crippen molar-refractivity contribution in [3.63, 3.8) is 0 Å². The zero-order chi connectivity index (χ0) is 15.5. The smallest absolute Gasteiger partial charge is 0.328 e. The third kappa shape index (κ3) is 5.70. The van der Waals surface area contributed by atoms with Gasteiger partial charge in [-0.25, -0.2) is 0 Å². The summed E-state index contributed by atoms with van der Waals surface area (Å²) in [5.74, 6) is -0.474. The van der Waals surface area contributed by atoms with Crippen molar-refractivity contribution in [2.24, 2.45) is 11.7 Å². The number of carbonyl (C=O) groups excluding carboxylic acids is 1. The number of hydrogen-bond donors (Lipinski definition) is 2. The van der Waals surface area contributed by atoms with E-state index in [2.05, 4.69) is 5.32 Å². The predicted molar refractivity (Wildman–Crippen MR) is 84.2 cm³/mol. The van der Waals surface area contributed by atoms with Crippen LogP contribution in [0, 0.1) is 5.92 Å². The average Bonchev–Trinajstić information content (AvgIpc) is 2.39. The number of alkyl halides is 3. The van der Waals surface area contributed by atoms with Crippen LogP contribution in [0.4, 0.5) is 18.9 Å². The average molecular weight is 355 g/mol. The number of carbonyl (C=O) groups is 1. The maximum atomic E-state index is 12.5. The summed E-state index contributed by atoms with van der Waals surface area (Å²) in [5, 5.41) is 2.61. The van der Waals surface area contributed by atoms with Crippen LogP contribution in [0.1, 0.15) is 25.7 Å². The van der Waals surface area contributed by atoms with Crippen molar-refractivity contribution in [1.29, 1.82) is 0 Å². The van der Waals surface area contributed by atoms with Gasteiger partial charge in [-0.2, -0.15) is 13.2 Å². The molecule has 2 unspecified atom stereocenters. The molecule has 0 bridgehead atoms. The summed E-state index contributed by atoms with van der Waals surface area (Å²) >= 11 is -0.223. The Hall–Kier alpha value is -0.920. The maximum Gasteiger partial charge on any atom is 0.446 e. The molecule has 22 heavy (non-hydrogen) atoms. The monoisotopic (exact) mass is 354 g/mol. The van der Waals surface area contributed by atoms with Gasteiger partial charge in [0.05, 0.1) is 5.69 Å². The highest BCUT2D eigenvalue weighted by molar-refractivity contribution is 8.00. The summed E-state index contributed by atoms with van der Waals surface area (Å²) in [6, 6.07) is 5.94. The van der Waals surface area contributed by atoms with Crippen molar-refractivity contribution in [2.75, 3.05) is 5.32 Å². The maximum absolute atomic E-state index is 12.5. The molecule has 124 valence electrons. The Morgan fingerprint density at radius 1 is 1.27 bits per heavy atom. The van der Waals surface area contributed by atoms with Crippen LogP contribution in [0.15, 0.2) is 29.2 Å². The number of thioether (sulfide) groups is 1. The number of hydrogen-bond acceptors (Lipinski definition) is 3. The second-order valence-electron chi connectivity index (χ2n) is 5.16. The lowest BCUT2D eigenvalue weighted by Crippen LogP contribution is -2.34. The third-order valence-electron chi connectivity index (χ3n) is 3.46. The molecule has 8 heteroatoms. The van der Waals surface area contributed by atoms with Gasteiger partial charge >= 0.3 is 5.51 Å². The minimum absolute atomic E-state index is 0. The second-order valence-corrected chi connectivity index (χ2v) is 6.26. The lowest BCUT2D eigenvalue weighted by molar-refractivity contribution is -0.120. The summed E-state index contributed by atoms with van der Waals surface area (Å²) < 4.78 is 37.5. The van der Waals surface area contributed by atoms with Crippen molar-refractivity contribution >= 4 is 35.8 Å². The highest BCUT2D eigenvalue weighted by Crippen LogP contribution is 2.40. The van der Waals surface area contributed by atoms with E-state index in [-0.39, 0.29) is 52.6 Å². The molecule has 1 aromatic carbocycles. The molecule has 0 radical (unpaired) electrons. The summed E-state index contributed by atoms with van der Waals surface area (Å²) in [5.41, 5.74) is 1.65. The summed E-state index contributed by atoms with van der Waals surface area (Å²) in [6.45, 7) is 0. The number of anilines is 1. The van der Waals surface area contributed by atoms with Crippen molar-refractivity contribution in [3.8, 4) is 0 Å². The van der Waals surface area contributed by atoms with Gasteiger partial charge in [0, 0.05) is 16.9 Å². The van der Waals surface area contributed by atoms with Gasteiger partial charge in [0.2, 0.25) is 5.91 Å². The van der Waals surface area contributed by atoms with Crippen molar-refractivity contribution in [2.45, 2.75) is 42.1 Å². The fraction of sp³-hybridized carbons (Fsp3) is 0.500. The molecule has 2 atom stereocenters. The molecule has 1 aliphatic rings. The van der Waals surface area contributed by atoms with E-state index in [1.165, 1.54) is 18.2 Å². The lowest BCUT2D eigenvalue weighted by Gasteiger charge is -2.26. The molecule has 1 saturated carbocycles. The Morgan fingerprint density at radius 2 is 1.95 bits per heavy atom. The van der Waals surface area contributed by atoms with E-state index in [4.69, 9.17) is 5.73 Å². The molecular weight excluding hydrogens is 337 g/mol. The fourth-order valence-corrected chi connectivity index (χ4v) is 3.11. The molecule has 0 aromatic heterocycles. The Kier molecular flexibility index (Phi) is 7.02. The number of benzene rings is 1. The first-order chi connectivity index (χ1) is 9.85. The van der Waals surface area contributed by atoms with Gasteiger partial charge in [0.15, 0.2) is 0 Å². The molecular formula is C14H18ClF3N2OS. The van der Waals surface area contributed by atoms with E-state index in [1.807, 2.05) is 0 Å². The third-order valence-corrected chi connectivity index (χ3v) is 4.26. The van der Waals surface area contributed by atoms with Crippen LogP contribution in [-0.4, -0.2) is 17.5 Å². The van der Waals surface area contributed by atoms with Crippen LogP contribution in [0.2, 0.25) is 0 Å². The summed E-state index contributed by atoms with van der Waals surface area (Å²) in [4.78, 5) is 12.2. The van der Waals surface area contributed by atoms with Crippen molar-refractivity contribution in [3.05, 3.63) is 24.3 Å². The normalized spacial score (nSPS) is 21.8. The predicted octanol–water partition coefficient (Wildman–Crippen LogP) is 4.18. The van der Waals surface area contributed by atoms with Crippen LogP contribution in [0.3, 0.4) is 0 Å².